The van der Waals surface area contributed by atoms with Crippen LogP contribution in [0.4, 0.5) is 4.79 Å². The number of carbonyl (C=O) groups is 1. The number of fused-ring (bicyclic) bond motifs is 1. The number of carbonyl (C=O) groups excluding carboxylic acids is 1. The van der Waals surface area contributed by atoms with E-state index in [1.165, 1.54) is 0 Å². The van der Waals surface area contributed by atoms with E-state index >= 15 is 0 Å². The topological polar surface area (TPSA) is 39.1 Å². The molecule has 0 N–H and O–H groups in total. The van der Waals surface area contributed by atoms with E-state index in [9.17, 15) is 4.79 Å². The van der Waals surface area contributed by atoms with E-state index in [2.05, 4.69) is 32.8 Å². The molecule has 0 aromatic carbocycles. The Morgan fingerprint density at radius 1 is 1.43 bits per heavy atom. The molecule has 2 heterocycles. The van der Waals surface area contributed by atoms with Crippen molar-refractivity contribution >= 4 is 26.8 Å². The zero-order valence-electron chi connectivity index (χ0n) is 8.47. The minimum atomic E-state index is -0.0521. The monoisotopic (exact) mass is 261 g/mol. The van der Waals surface area contributed by atoms with E-state index in [0.717, 1.165) is 11.3 Å². The van der Waals surface area contributed by atoms with Crippen LogP contribution in [0.15, 0.2) is 4.99 Å². The van der Waals surface area contributed by atoms with Gasteiger partial charge in [-0.1, -0.05) is 0 Å². The first-order valence-corrected chi connectivity index (χ1v) is 5.44. The van der Waals surface area contributed by atoms with Gasteiger partial charge in [0.25, 0.3) is 0 Å². The normalized spacial score (nSPS) is 31.2. The summed E-state index contributed by atoms with van der Waals surface area (Å²) in [6.45, 7) is 2.92. The van der Waals surface area contributed by atoms with E-state index in [1.807, 2.05) is 7.05 Å². The standard InChI is InChI=1S/C8H13N4OSe/c1-4-12-6-5(9-7(12)14)10(2)8(13)11(6)3/h5-6H,4H2,1-3H3. The fraction of sp³-hybridized carbons (Fsp3) is 0.750. The van der Waals surface area contributed by atoms with Crippen molar-refractivity contribution in [3.8, 4) is 0 Å². The number of hydrogen-bond acceptors (Lipinski definition) is 3. The van der Waals surface area contributed by atoms with E-state index < -0.39 is 0 Å². The molecule has 2 aliphatic rings. The molecule has 0 spiro atoms. The second kappa shape index (κ2) is 3.14. The molecule has 0 aliphatic carbocycles. The summed E-state index contributed by atoms with van der Waals surface area (Å²) in [4.78, 5) is 21.6. The molecule has 0 bridgehead atoms. The van der Waals surface area contributed by atoms with Gasteiger partial charge in [0.05, 0.1) is 0 Å². The van der Waals surface area contributed by atoms with Gasteiger partial charge >= 0.3 is 91.2 Å². The van der Waals surface area contributed by atoms with Crippen molar-refractivity contribution in [2.45, 2.75) is 19.3 Å². The van der Waals surface area contributed by atoms with Gasteiger partial charge in [0.1, 0.15) is 0 Å². The summed E-state index contributed by atoms with van der Waals surface area (Å²) in [7, 11) is 3.61. The van der Waals surface area contributed by atoms with Gasteiger partial charge in [0.15, 0.2) is 0 Å². The van der Waals surface area contributed by atoms with Gasteiger partial charge in [-0.05, 0) is 0 Å². The summed E-state index contributed by atoms with van der Waals surface area (Å²) in [5.74, 6) is 0. The summed E-state index contributed by atoms with van der Waals surface area (Å²) >= 11 is 2.94. The molecule has 0 aromatic heterocycles. The molecule has 1 radical (unpaired) electrons. The van der Waals surface area contributed by atoms with Gasteiger partial charge in [-0.25, -0.2) is 0 Å². The second-order valence-corrected chi connectivity index (χ2v) is 4.30. The summed E-state index contributed by atoms with van der Waals surface area (Å²) in [5, 5.41) is 0. The van der Waals surface area contributed by atoms with E-state index in [4.69, 9.17) is 0 Å². The number of urea groups is 1. The van der Waals surface area contributed by atoms with Crippen LogP contribution >= 0.6 is 0 Å². The first-order chi connectivity index (χ1) is 6.57. The maximum absolute atomic E-state index is 11.6. The molecule has 2 amide bonds. The number of amidine groups is 1. The van der Waals surface area contributed by atoms with Gasteiger partial charge in [-0.15, -0.1) is 0 Å². The van der Waals surface area contributed by atoms with E-state index in [0.29, 0.717) is 0 Å². The first-order valence-electron chi connectivity index (χ1n) is 4.59. The molecule has 0 aromatic rings. The average molecular weight is 260 g/mol. The fourth-order valence-corrected chi connectivity index (χ4v) is 2.75. The predicted molar refractivity (Wildman–Crippen MR) is 54.1 cm³/mol. The summed E-state index contributed by atoms with van der Waals surface area (Å²) in [5.41, 5.74) is 0. The van der Waals surface area contributed by atoms with Gasteiger partial charge in [0.2, 0.25) is 0 Å². The van der Waals surface area contributed by atoms with Crippen LogP contribution < -0.4 is 0 Å². The number of aliphatic imine (C=N–C) groups is 1. The molecule has 2 atom stereocenters. The number of nitrogens with zero attached hydrogens (tertiary/aromatic N) is 4. The van der Waals surface area contributed by atoms with Crippen LogP contribution in [-0.4, -0.2) is 74.4 Å². The quantitative estimate of drug-likeness (QED) is 0.596. The van der Waals surface area contributed by atoms with Crippen LogP contribution in [0.2, 0.25) is 0 Å². The fourth-order valence-electron chi connectivity index (χ4n) is 2.02. The van der Waals surface area contributed by atoms with Crippen LogP contribution in [0.1, 0.15) is 6.92 Å². The number of likely N-dealkylation sites (N-methyl/N-ethyl adjacent to an activating group) is 3. The van der Waals surface area contributed by atoms with E-state index in [1.54, 1.807) is 16.8 Å². The van der Waals surface area contributed by atoms with Gasteiger partial charge < -0.3 is 0 Å². The van der Waals surface area contributed by atoms with Crippen LogP contribution in [0.25, 0.3) is 0 Å². The van der Waals surface area contributed by atoms with Crippen molar-refractivity contribution in [3.63, 3.8) is 0 Å². The Kier molecular flexibility index (Phi) is 2.20. The van der Waals surface area contributed by atoms with Crippen LogP contribution in [0.5, 0.6) is 0 Å². The molecule has 1 saturated heterocycles. The van der Waals surface area contributed by atoms with Crippen molar-refractivity contribution in [1.82, 2.24) is 14.7 Å². The van der Waals surface area contributed by atoms with Crippen molar-refractivity contribution in [3.05, 3.63) is 0 Å². The Balaban J connectivity index is 2.33. The number of rotatable bonds is 1. The number of hydrogen-bond donors (Lipinski definition) is 0. The zero-order valence-corrected chi connectivity index (χ0v) is 10.2. The van der Waals surface area contributed by atoms with Crippen molar-refractivity contribution in [2.24, 2.45) is 4.99 Å². The Hall–Kier alpha value is -0.741. The van der Waals surface area contributed by atoms with Crippen molar-refractivity contribution in [1.29, 1.82) is 0 Å². The van der Waals surface area contributed by atoms with Crippen LogP contribution in [0, 0.1) is 0 Å². The number of amides is 2. The summed E-state index contributed by atoms with van der Waals surface area (Å²) in [6.07, 6.45) is 0.0115. The Bertz CT molecular complexity index is 306. The molecule has 2 unspecified atom stereocenters. The summed E-state index contributed by atoms with van der Waals surface area (Å²) < 4.78 is 0.897. The third-order valence-corrected chi connectivity index (χ3v) is 3.53. The molecule has 0 saturated carbocycles. The zero-order chi connectivity index (χ0) is 10.5. The Morgan fingerprint density at radius 3 is 2.64 bits per heavy atom. The van der Waals surface area contributed by atoms with Crippen molar-refractivity contribution < 1.29 is 4.79 Å². The molecule has 2 rings (SSSR count). The maximum atomic E-state index is 11.6. The molecule has 14 heavy (non-hydrogen) atoms. The second-order valence-electron chi connectivity index (χ2n) is 3.53. The summed E-state index contributed by atoms with van der Waals surface area (Å²) in [6, 6.07) is 0.0368. The molecule has 2 aliphatic heterocycles. The van der Waals surface area contributed by atoms with Crippen molar-refractivity contribution in [2.75, 3.05) is 20.6 Å². The van der Waals surface area contributed by atoms with Gasteiger partial charge in [0, 0.05) is 0 Å². The Labute approximate surface area is 91.6 Å². The van der Waals surface area contributed by atoms with Crippen LogP contribution in [-0.2, 0) is 0 Å². The predicted octanol–water partition coefficient (Wildman–Crippen LogP) is -0.504. The third kappa shape index (κ3) is 1.07. The molecule has 6 heteroatoms. The van der Waals surface area contributed by atoms with Gasteiger partial charge in [-0.3, -0.25) is 0 Å². The van der Waals surface area contributed by atoms with Gasteiger partial charge in [-0.2, -0.15) is 0 Å². The minimum absolute atomic E-state index is 0.0368. The van der Waals surface area contributed by atoms with Crippen LogP contribution in [0.3, 0.4) is 0 Å². The molecular weight excluding hydrogens is 247 g/mol. The average Bonchev–Trinajstić information content (AvgIpc) is 2.59. The molecule has 1 fully saturated rings. The molecule has 77 valence electrons. The first kappa shape index (κ1) is 9.80. The van der Waals surface area contributed by atoms with E-state index in [-0.39, 0.29) is 18.4 Å². The third-order valence-electron chi connectivity index (χ3n) is 2.81. The molecular formula is C8H13N4OSe. The molecule has 5 nitrogen and oxygen atoms in total. The Morgan fingerprint density at radius 2 is 2.07 bits per heavy atom. The SMILES string of the molecule is CCN1C([Se])=NC2C1N(C)C(=O)N2C.